The Balaban J connectivity index is 1.73. The molecule has 0 N–H and O–H groups in total. The number of aromatic nitrogens is 1. The molecule has 0 aliphatic heterocycles. The van der Waals surface area contributed by atoms with Gasteiger partial charge in [0.2, 0.25) is 0 Å². The number of halogens is 1. The fourth-order valence-electron chi connectivity index (χ4n) is 1.87. The molecule has 0 spiro atoms. The van der Waals surface area contributed by atoms with Crippen LogP contribution in [0.5, 0.6) is 0 Å². The Hall–Kier alpha value is -1.34. The van der Waals surface area contributed by atoms with Crippen LogP contribution in [0, 0.1) is 0 Å². The Bertz CT molecular complexity index is 453. The highest BCUT2D eigenvalue weighted by molar-refractivity contribution is 6.30. The van der Waals surface area contributed by atoms with Gasteiger partial charge >= 0.3 is 0 Å². The van der Waals surface area contributed by atoms with Crippen LogP contribution in [0.2, 0.25) is 5.02 Å². The van der Waals surface area contributed by atoms with Crippen molar-refractivity contribution in [1.82, 2.24) is 4.98 Å². The number of hydrogen-bond acceptors (Lipinski definition) is 1. The predicted molar refractivity (Wildman–Crippen MR) is 72.3 cm³/mol. The molecule has 0 atom stereocenters. The first kappa shape index (κ1) is 12.1. The molecule has 1 aromatic heterocycles. The van der Waals surface area contributed by atoms with Crippen LogP contribution in [0.3, 0.4) is 0 Å². The van der Waals surface area contributed by atoms with Crippen LogP contribution in [0.25, 0.3) is 0 Å². The summed E-state index contributed by atoms with van der Waals surface area (Å²) < 4.78 is 0. The molecule has 0 saturated carbocycles. The molecule has 0 bridgehead atoms. The number of pyridine rings is 1. The van der Waals surface area contributed by atoms with Crippen molar-refractivity contribution >= 4 is 11.6 Å². The largest absolute Gasteiger partial charge is 0.261 e. The molecule has 2 heteroatoms. The maximum Gasteiger partial charge on any atom is 0.0439 e. The summed E-state index contributed by atoms with van der Waals surface area (Å²) in [5.41, 5.74) is 2.50. The molecule has 17 heavy (non-hydrogen) atoms. The van der Waals surface area contributed by atoms with E-state index >= 15 is 0 Å². The van der Waals surface area contributed by atoms with Gasteiger partial charge in [0.15, 0.2) is 0 Å². The van der Waals surface area contributed by atoms with Gasteiger partial charge < -0.3 is 0 Å². The van der Waals surface area contributed by atoms with E-state index in [4.69, 9.17) is 11.6 Å². The van der Waals surface area contributed by atoms with E-state index in [2.05, 4.69) is 35.3 Å². The van der Waals surface area contributed by atoms with Gasteiger partial charge in [-0.2, -0.15) is 0 Å². The smallest absolute Gasteiger partial charge is 0.0439 e. The minimum Gasteiger partial charge on any atom is -0.261 e. The third kappa shape index (κ3) is 4.20. The maximum atomic E-state index is 5.91. The van der Waals surface area contributed by atoms with Gasteiger partial charge in [0.25, 0.3) is 0 Å². The molecule has 0 saturated heterocycles. The first-order valence-corrected chi connectivity index (χ1v) is 6.37. The second kappa shape index (κ2) is 6.41. The monoisotopic (exact) mass is 245 g/mol. The Morgan fingerprint density at radius 1 is 0.941 bits per heavy atom. The number of unbranched alkanes of at least 4 members (excludes halogenated alkanes) is 1. The molecular formula is C15H16ClN. The number of rotatable bonds is 5. The zero-order chi connectivity index (χ0) is 11.9. The average Bonchev–Trinajstić information content (AvgIpc) is 2.36. The van der Waals surface area contributed by atoms with Crippen molar-refractivity contribution in [1.29, 1.82) is 0 Å². The topological polar surface area (TPSA) is 12.9 Å². The lowest BCUT2D eigenvalue weighted by molar-refractivity contribution is 0.723. The minimum absolute atomic E-state index is 0.776. The van der Waals surface area contributed by atoms with Crippen LogP contribution in [0.4, 0.5) is 0 Å². The van der Waals surface area contributed by atoms with Crippen LogP contribution >= 0.6 is 11.6 Å². The van der Waals surface area contributed by atoms with Crippen LogP contribution in [0.15, 0.2) is 48.7 Å². The van der Waals surface area contributed by atoms with E-state index in [1.807, 2.05) is 12.1 Å². The van der Waals surface area contributed by atoms with E-state index in [0.29, 0.717) is 0 Å². The molecule has 2 rings (SSSR count). The summed E-state index contributed by atoms with van der Waals surface area (Å²) in [4.78, 5) is 4.30. The molecular weight excluding hydrogens is 230 g/mol. The second-order valence-corrected chi connectivity index (χ2v) is 4.59. The number of benzene rings is 1. The van der Waals surface area contributed by atoms with Gasteiger partial charge in [0, 0.05) is 16.9 Å². The van der Waals surface area contributed by atoms with Crippen molar-refractivity contribution in [3.63, 3.8) is 0 Å². The van der Waals surface area contributed by atoms with E-state index in [-0.39, 0.29) is 0 Å². The zero-order valence-corrected chi connectivity index (χ0v) is 10.5. The Kier molecular flexibility index (Phi) is 4.57. The molecule has 0 aliphatic rings. The highest BCUT2D eigenvalue weighted by atomic mass is 35.5. The normalized spacial score (nSPS) is 10.4. The van der Waals surface area contributed by atoms with Crippen molar-refractivity contribution in [2.45, 2.75) is 25.7 Å². The summed E-state index contributed by atoms with van der Waals surface area (Å²) in [5, 5.41) is 0.776. The van der Waals surface area contributed by atoms with Gasteiger partial charge in [-0.25, -0.2) is 0 Å². The molecule has 0 unspecified atom stereocenters. The van der Waals surface area contributed by atoms with Crippen LogP contribution in [0.1, 0.15) is 24.1 Å². The van der Waals surface area contributed by atoms with Crippen molar-refractivity contribution in [2.75, 3.05) is 0 Å². The van der Waals surface area contributed by atoms with Gasteiger partial charge in [-0.3, -0.25) is 4.98 Å². The lowest BCUT2D eigenvalue weighted by Crippen LogP contribution is -1.91. The average molecular weight is 246 g/mol. The van der Waals surface area contributed by atoms with Crippen molar-refractivity contribution in [3.8, 4) is 0 Å². The molecule has 0 aliphatic carbocycles. The zero-order valence-electron chi connectivity index (χ0n) is 9.77. The quantitative estimate of drug-likeness (QED) is 0.716. The van der Waals surface area contributed by atoms with Crippen LogP contribution in [-0.2, 0) is 12.8 Å². The molecule has 0 fully saturated rings. The first-order valence-electron chi connectivity index (χ1n) is 5.99. The Morgan fingerprint density at radius 2 is 1.71 bits per heavy atom. The van der Waals surface area contributed by atoms with Gasteiger partial charge in [-0.1, -0.05) is 41.9 Å². The Morgan fingerprint density at radius 3 is 2.47 bits per heavy atom. The molecule has 2 aromatic rings. The fraction of sp³-hybridized carbons (Fsp3) is 0.267. The van der Waals surface area contributed by atoms with Crippen molar-refractivity contribution in [3.05, 3.63) is 64.9 Å². The molecule has 0 radical (unpaired) electrons. The van der Waals surface area contributed by atoms with Gasteiger partial charge in [-0.15, -0.1) is 0 Å². The maximum absolute atomic E-state index is 5.91. The van der Waals surface area contributed by atoms with Crippen LogP contribution in [-0.4, -0.2) is 4.98 Å². The summed E-state index contributed by atoms with van der Waals surface area (Å²) in [6.45, 7) is 0. The summed E-state index contributed by atoms with van der Waals surface area (Å²) in [6.07, 6.45) is 6.27. The fourth-order valence-corrected chi connectivity index (χ4v) is 2.05. The minimum atomic E-state index is 0.776. The summed E-state index contributed by atoms with van der Waals surface area (Å²) in [7, 11) is 0. The predicted octanol–water partition coefficient (Wildman–Crippen LogP) is 4.30. The molecule has 1 nitrogen and oxygen atoms in total. The van der Waals surface area contributed by atoms with E-state index in [0.717, 1.165) is 30.0 Å². The molecule has 1 heterocycles. The summed E-state index contributed by atoms with van der Waals surface area (Å²) in [6, 6.07) is 14.4. The highest BCUT2D eigenvalue weighted by Crippen LogP contribution is 2.11. The van der Waals surface area contributed by atoms with Gasteiger partial charge in [0.05, 0.1) is 0 Å². The van der Waals surface area contributed by atoms with Crippen molar-refractivity contribution < 1.29 is 0 Å². The summed E-state index contributed by atoms with van der Waals surface area (Å²) in [5.74, 6) is 0. The standard InChI is InChI=1S/C15H16ClN/c16-14-10-11-17-15(12-14)9-5-4-8-13-6-2-1-3-7-13/h1-3,6-7,10-12H,4-5,8-9H2. The molecule has 0 amide bonds. The number of aryl methyl sites for hydroxylation is 2. The highest BCUT2D eigenvalue weighted by Gasteiger charge is 1.97. The van der Waals surface area contributed by atoms with Crippen LogP contribution < -0.4 is 0 Å². The van der Waals surface area contributed by atoms with E-state index in [9.17, 15) is 0 Å². The SMILES string of the molecule is Clc1ccnc(CCCCc2ccccc2)c1. The molecule has 88 valence electrons. The lowest BCUT2D eigenvalue weighted by atomic mass is 10.1. The molecule has 1 aromatic carbocycles. The third-order valence-electron chi connectivity index (χ3n) is 2.77. The Labute approximate surface area is 107 Å². The number of nitrogens with zero attached hydrogens (tertiary/aromatic N) is 1. The summed E-state index contributed by atoms with van der Waals surface area (Å²) >= 11 is 5.91. The van der Waals surface area contributed by atoms with E-state index < -0.39 is 0 Å². The number of hydrogen-bond donors (Lipinski definition) is 0. The third-order valence-corrected chi connectivity index (χ3v) is 3.00. The van der Waals surface area contributed by atoms with Crippen molar-refractivity contribution in [2.24, 2.45) is 0 Å². The van der Waals surface area contributed by atoms with Gasteiger partial charge in [0.1, 0.15) is 0 Å². The lowest BCUT2D eigenvalue weighted by Gasteiger charge is -2.02. The van der Waals surface area contributed by atoms with E-state index in [1.165, 1.54) is 12.0 Å². The first-order chi connectivity index (χ1) is 8.34. The van der Waals surface area contributed by atoms with E-state index in [1.54, 1.807) is 6.20 Å². The van der Waals surface area contributed by atoms with Gasteiger partial charge in [-0.05, 0) is 43.4 Å². The second-order valence-electron chi connectivity index (χ2n) is 4.16.